The van der Waals surface area contributed by atoms with Crippen LogP contribution < -0.4 is 10.6 Å². The van der Waals surface area contributed by atoms with Gasteiger partial charge in [-0.05, 0) is 31.2 Å². The molecule has 1 rings (SSSR count). The number of unbranched alkanes of at least 4 members (excludes halogenated alkanes) is 2. The Morgan fingerprint density at radius 2 is 2.06 bits per heavy atom. The number of anilines is 1. The van der Waals surface area contributed by atoms with Gasteiger partial charge in [-0.2, -0.15) is 0 Å². The number of hydrogen-bond donors (Lipinski definition) is 2. The Balaban J connectivity index is 2.31. The molecule has 1 aromatic rings. The van der Waals surface area contributed by atoms with Crippen molar-refractivity contribution in [2.45, 2.75) is 26.2 Å². The molecule has 0 aliphatic carbocycles. The van der Waals surface area contributed by atoms with Crippen molar-refractivity contribution in [3.63, 3.8) is 0 Å². The second-order valence-corrected chi connectivity index (χ2v) is 4.90. The standard InChI is InChI=1S/C13H18Cl2N2O/c1-2-3-4-7-16-9-13(18)17-12-6-5-10(14)8-11(12)15/h5-6,8,16H,2-4,7,9H2,1H3,(H,17,18). The highest BCUT2D eigenvalue weighted by molar-refractivity contribution is 6.36. The molecule has 0 atom stereocenters. The van der Waals surface area contributed by atoms with E-state index in [1.165, 1.54) is 12.8 Å². The first-order valence-corrected chi connectivity index (χ1v) is 6.84. The Bertz CT molecular complexity index is 397. The van der Waals surface area contributed by atoms with Gasteiger partial charge >= 0.3 is 0 Å². The summed E-state index contributed by atoms with van der Waals surface area (Å²) in [4.78, 5) is 11.6. The number of rotatable bonds is 7. The molecule has 5 heteroatoms. The molecule has 0 aliphatic heterocycles. The van der Waals surface area contributed by atoms with Crippen LogP contribution in [0.3, 0.4) is 0 Å². The number of carbonyl (C=O) groups excluding carboxylic acids is 1. The van der Waals surface area contributed by atoms with Crippen LogP contribution in [0.4, 0.5) is 5.69 Å². The highest BCUT2D eigenvalue weighted by Gasteiger charge is 2.05. The van der Waals surface area contributed by atoms with E-state index < -0.39 is 0 Å². The van der Waals surface area contributed by atoms with Crippen LogP contribution >= 0.6 is 23.2 Å². The smallest absolute Gasteiger partial charge is 0.238 e. The fourth-order valence-electron chi connectivity index (χ4n) is 1.49. The van der Waals surface area contributed by atoms with Crippen LogP contribution in [0.15, 0.2) is 18.2 Å². The fraction of sp³-hybridized carbons (Fsp3) is 0.462. The maximum atomic E-state index is 11.6. The Hall–Kier alpha value is -0.770. The molecular formula is C13H18Cl2N2O. The summed E-state index contributed by atoms with van der Waals surface area (Å²) >= 11 is 11.7. The Morgan fingerprint density at radius 3 is 2.72 bits per heavy atom. The van der Waals surface area contributed by atoms with E-state index >= 15 is 0 Å². The van der Waals surface area contributed by atoms with Crippen molar-refractivity contribution in [3.05, 3.63) is 28.2 Å². The first-order chi connectivity index (χ1) is 8.63. The predicted molar refractivity (Wildman–Crippen MR) is 77.5 cm³/mol. The Kier molecular flexibility index (Phi) is 7.09. The van der Waals surface area contributed by atoms with Gasteiger partial charge in [0.1, 0.15) is 0 Å². The first kappa shape index (κ1) is 15.3. The molecule has 18 heavy (non-hydrogen) atoms. The van der Waals surface area contributed by atoms with Crippen molar-refractivity contribution < 1.29 is 4.79 Å². The average molecular weight is 289 g/mol. The highest BCUT2D eigenvalue weighted by atomic mass is 35.5. The van der Waals surface area contributed by atoms with Crippen molar-refractivity contribution in [2.75, 3.05) is 18.4 Å². The summed E-state index contributed by atoms with van der Waals surface area (Å²) in [6, 6.07) is 4.99. The molecule has 2 N–H and O–H groups in total. The number of benzene rings is 1. The highest BCUT2D eigenvalue weighted by Crippen LogP contribution is 2.25. The fourth-order valence-corrected chi connectivity index (χ4v) is 1.94. The Labute approximate surface area is 118 Å². The third-order valence-electron chi connectivity index (χ3n) is 2.45. The van der Waals surface area contributed by atoms with Gasteiger partial charge in [0.2, 0.25) is 5.91 Å². The van der Waals surface area contributed by atoms with Gasteiger partial charge in [0.05, 0.1) is 17.3 Å². The summed E-state index contributed by atoms with van der Waals surface area (Å²) in [6.45, 7) is 3.30. The van der Waals surface area contributed by atoms with Gasteiger partial charge in [0, 0.05) is 5.02 Å². The number of hydrogen-bond acceptors (Lipinski definition) is 2. The van der Waals surface area contributed by atoms with E-state index in [1.807, 2.05) is 0 Å². The summed E-state index contributed by atoms with van der Waals surface area (Å²) in [5.41, 5.74) is 0.585. The third kappa shape index (κ3) is 5.71. The number of carbonyl (C=O) groups is 1. The van der Waals surface area contributed by atoms with Crippen LogP contribution in [-0.4, -0.2) is 19.0 Å². The molecule has 0 radical (unpaired) electrons. The monoisotopic (exact) mass is 288 g/mol. The van der Waals surface area contributed by atoms with Crippen molar-refractivity contribution in [1.82, 2.24) is 5.32 Å². The van der Waals surface area contributed by atoms with E-state index in [0.717, 1.165) is 13.0 Å². The summed E-state index contributed by atoms with van der Waals surface area (Å²) in [6.07, 6.45) is 3.44. The van der Waals surface area contributed by atoms with Crippen LogP contribution in [-0.2, 0) is 4.79 Å². The minimum atomic E-state index is -0.101. The minimum absolute atomic E-state index is 0.101. The zero-order chi connectivity index (χ0) is 13.4. The number of halogens is 2. The molecule has 1 aromatic carbocycles. The molecule has 0 bridgehead atoms. The van der Waals surface area contributed by atoms with Gasteiger partial charge in [-0.25, -0.2) is 0 Å². The van der Waals surface area contributed by atoms with Crippen molar-refractivity contribution in [1.29, 1.82) is 0 Å². The van der Waals surface area contributed by atoms with E-state index in [0.29, 0.717) is 22.3 Å². The van der Waals surface area contributed by atoms with E-state index in [2.05, 4.69) is 17.6 Å². The van der Waals surface area contributed by atoms with Crippen molar-refractivity contribution >= 4 is 34.8 Å². The molecule has 0 aliphatic rings. The largest absolute Gasteiger partial charge is 0.324 e. The lowest BCUT2D eigenvalue weighted by Gasteiger charge is -2.08. The zero-order valence-electron chi connectivity index (χ0n) is 10.4. The maximum Gasteiger partial charge on any atom is 0.238 e. The summed E-state index contributed by atoms with van der Waals surface area (Å²) in [5, 5.41) is 6.82. The van der Waals surface area contributed by atoms with Crippen molar-refractivity contribution in [2.24, 2.45) is 0 Å². The second kappa shape index (κ2) is 8.35. The first-order valence-electron chi connectivity index (χ1n) is 6.09. The lowest BCUT2D eigenvalue weighted by atomic mass is 10.2. The molecule has 1 amide bonds. The normalized spacial score (nSPS) is 10.4. The molecule has 0 fully saturated rings. The lowest BCUT2D eigenvalue weighted by Crippen LogP contribution is -2.28. The molecule has 0 unspecified atom stereocenters. The van der Waals surface area contributed by atoms with Crippen molar-refractivity contribution in [3.8, 4) is 0 Å². The van der Waals surface area contributed by atoms with Gasteiger partial charge in [0.15, 0.2) is 0 Å². The molecule has 0 spiro atoms. The van der Waals surface area contributed by atoms with Crippen LogP contribution in [0.2, 0.25) is 10.0 Å². The molecule has 0 saturated heterocycles. The molecule has 100 valence electrons. The topological polar surface area (TPSA) is 41.1 Å². The Morgan fingerprint density at radius 1 is 1.28 bits per heavy atom. The van der Waals surface area contributed by atoms with Crippen LogP contribution in [0, 0.1) is 0 Å². The van der Waals surface area contributed by atoms with Crippen LogP contribution in [0.1, 0.15) is 26.2 Å². The van der Waals surface area contributed by atoms with Gasteiger partial charge in [0.25, 0.3) is 0 Å². The summed E-state index contributed by atoms with van der Waals surface area (Å²) in [7, 11) is 0. The van der Waals surface area contributed by atoms with Gasteiger partial charge < -0.3 is 10.6 Å². The SMILES string of the molecule is CCCCCNCC(=O)Nc1ccc(Cl)cc1Cl. The number of nitrogens with one attached hydrogen (secondary N) is 2. The van der Waals surface area contributed by atoms with Gasteiger partial charge in [-0.3, -0.25) is 4.79 Å². The lowest BCUT2D eigenvalue weighted by molar-refractivity contribution is -0.115. The third-order valence-corrected chi connectivity index (χ3v) is 3.00. The quantitative estimate of drug-likeness (QED) is 0.751. The van der Waals surface area contributed by atoms with Gasteiger partial charge in [-0.15, -0.1) is 0 Å². The van der Waals surface area contributed by atoms with E-state index in [9.17, 15) is 4.79 Å². The number of amides is 1. The molecular weight excluding hydrogens is 271 g/mol. The predicted octanol–water partition coefficient (Wildman–Crippen LogP) is 3.71. The van der Waals surface area contributed by atoms with E-state index in [-0.39, 0.29) is 5.91 Å². The van der Waals surface area contributed by atoms with Gasteiger partial charge in [-0.1, -0.05) is 43.0 Å². The van der Waals surface area contributed by atoms with Crippen LogP contribution in [0.25, 0.3) is 0 Å². The molecule has 0 aromatic heterocycles. The summed E-state index contributed by atoms with van der Waals surface area (Å²) < 4.78 is 0. The van der Waals surface area contributed by atoms with Crippen LogP contribution in [0.5, 0.6) is 0 Å². The summed E-state index contributed by atoms with van der Waals surface area (Å²) in [5.74, 6) is -0.101. The zero-order valence-corrected chi connectivity index (χ0v) is 11.9. The second-order valence-electron chi connectivity index (χ2n) is 4.06. The maximum absolute atomic E-state index is 11.6. The minimum Gasteiger partial charge on any atom is -0.324 e. The molecule has 0 saturated carbocycles. The van der Waals surface area contributed by atoms with E-state index in [1.54, 1.807) is 18.2 Å². The average Bonchev–Trinajstić information content (AvgIpc) is 2.32. The molecule has 0 heterocycles. The van der Waals surface area contributed by atoms with E-state index in [4.69, 9.17) is 23.2 Å². The molecule has 3 nitrogen and oxygen atoms in total.